The third kappa shape index (κ3) is 5.52. The molecule has 0 saturated heterocycles. The topological polar surface area (TPSA) is 110 Å². The number of esters is 1. The van der Waals surface area contributed by atoms with E-state index in [2.05, 4.69) is 5.32 Å². The number of ketones is 1. The molecule has 0 unspecified atom stereocenters. The number of rotatable bonds is 9. The molecule has 0 fully saturated rings. The largest absolute Gasteiger partial charge is 0.452 e. The summed E-state index contributed by atoms with van der Waals surface area (Å²) >= 11 is 0. The van der Waals surface area contributed by atoms with Gasteiger partial charge in [0, 0.05) is 18.7 Å². The van der Waals surface area contributed by atoms with Gasteiger partial charge in [-0.1, -0.05) is 32.0 Å². The Kier molecular flexibility index (Phi) is 7.85. The molecule has 1 amide bonds. The van der Waals surface area contributed by atoms with E-state index in [0.717, 1.165) is 0 Å². The molecule has 0 bridgehead atoms. The molecule has 0 radical (unpaired) electrons. The van der Waals surface area contributed by atoms with E-state index in [4.69, 9.17) is 4.74 Å². The van der Waals surface area contributed by atoms with Gasteiger partial charge in [0.15, 0.2) is 12.4 Å². The van der Waals surface area contributed by atoms with Crippen LogP contribution in [-0.2, 0) is 19.6 Å². The molecule has 8 nitrogen and oxygen atoms in total. The molecule has 0 saturated carbocycles. The van der Waals surface area contributed by atoms with Gasteiger partial charge in [0.1, 0.15) is 0 Å². The number of ether oxygens (including phenoxy) is 1. The van der Waals surface area contributed by atoms with E-state index in [1.165, 1.54) is 35.5 Å². The quantitative estimate of drug-likeness (QED) is 0.482. The fourth-order valence-electron chi connectivity index (χ4n) is 2.80. The molecule has 0 atom stereocenters. The lowest BCUT2D eigenvalue weighted by molar-refractivity contribution is -0.119. The van der Waals surface area contributed by atoms with Crippen molar-refractivity contribution in [2.75, 3.05) is 25.0 Å². The van der Waals surface area contributed by atoms with Crippen molar-refractivity contribution < 1.29 is 27.5 Å². The second kappa shape index (κ2) is 10.1. The highest BCUT2D eigenvalue weighted by Crippen LogP contribution is 2.18. The number of Topliss-reactive ketones (excluding diaryl/α,β-unsaturated/α-hetero) is 1. The lowest BCUT2D eigenvalue weighted by Gasteiger charge is -2.18. The van der Waals surface area contributed by atoms with Crippen molar-refractivity contribution in [1.29, 1.82) is 0 Å². The summed E-state index contributed by atoms with van der Waals surface area (Å²) in [6.45, 7) is 4.84. The first-order valence-electron chi connectivity index (χ1n) is 9.37. The summed E-state index contributed by atoms with van der Waals surface area (Å²) in [5.74, 6) is -1.67. The van der Waals surface area contributed by atoms with E-state index in [0.29, 0.717) is 24.3 Å². The molecule has 9 heteroatoms. The predicted molar refractivity (Wildman–Crippen MR) is 112 cm³/mol. The molecule has 2 aromatic carbocycles. The molecule has 1 N–H and O–H groups in total. The van der Waals surface area contributed by atoms with Crippen molar-refractivity contribution >= 4 is 33.4 Å². The smallest absolute Gasteiger partial charge is 0.338 e. The Morgan fingerprint density at radius 1 is 1.00 bits per heavy atom. The Hall–Kier alpha value is -3.04. The number of carbonyl (C=O) groups is 3. The third-order valence-electron chi connectivity index (χ3n) is 4.33. The SMILES string of the molecule is CCN(CC)S(=O)(=O)c1cccc(C(=O)OCC(=O)Nc2ccccc2C(C)=O)c1. The number of hydrogen-bond acceptors (Lipinski definition) is 6. The number of benzene rings is 2. The Balaban J connectivity index is 2.07. The van der Waals surface area contributed by atoms with Crippen LogP contribution in [0.5, 0.6) is 0 Å². The third-order valence-corrected chi connectivity index (χ3v) is 6.37. The van der Waals surface area contributed by atoms with E-state index in [9.17, 15) is 22.8 Å². The van der Waals surface area contributed by atoms with Crippen molar-refractivity contribution in [3.63, 3.8) is 0 Å². The van der Waals surface area contributed by atoms with Gasteiger partial charge < -0.3 is 10.1 Å². The highest BCUT2D eigenvalue weighted by Gasteiger charge is 2.23. The maximum absolute atomic E-state index is 12.6. The molecule has 0 spiro atoms. The summed E-state index contributed by atoms with van der Waals surface area (Å²) in [6, 6.07) is 11.9. The number of carbonyl (C=O) groups excluding carboxylic acids is 3. The molecular formula is C21H24N2O6S. The number of nitrogens with zero attached hydrogens (tertiary/aromatic N) is 1. The van der Waals surface area contributed by atoms with Crippen molar-refractivity contribution in [3.8, 4) is 0 Å². The van der Waals surface area contributed by atoms with Gasteiger partial charge in [-0.3, -0.25) is 9.59 Å². The highest BCUT2D eigenvalue weighted by atomic mass is 32.2. The average molecular weight is 432 g/mol. The maximum Gasteiger partial charge on any atom is 0.338 e. The Labute approximate surface area is 175 Å². The van der Waals surface area contributed by atoms with E-state index in [1.54, 1.807) is 38.1 Å². The van der Waals surface area contributed by atoms with Gasteiger partial charge in [0.25, 0.3) is 5.91 Å². The van der Waals surface area contributed by atoms with Crippen LogP contribution >= 0.6 is 0 Å². The molecule has 0 aliphatic carbocycles. The molecule has 0 aromatic heterocycles. The van der Waals surface area contributed by atoms with Crippen molar-refractivity contribution in [2.45, 2.75) is 25.7 Å². The van der Waals surface area contributed by atoms with Crippen LogP contribution in [-0.4, -0.2) is 50.1 Å². The lowest BCUT2D eigenvalue weighted by Crippen LogP contribution is -2.30. The fraction of sp³-hybridized carbons (Fsp3) is 0.286. The number of anilines is 1. The molecule has 2 rings (SSSR count). The average Bonchev–Trinajstić information content (AvgIpc) is 2.73. The Morgan fingerprint density at radius 2 is 1.67 bits per heavy atom. The highest BCUT2D eigenvalue weighted by molar-refractivity contribution is 7.89. The number of hydrogen-bond donors (Lipinski definition) is 1. The molecule has 2 aromatic rings. The van der Waals surface area contributed by atoms with Crippen molar-refractivity contribution in [2.24, 2.45) is 0 Å². The maximum atomic E-state index is 12.6. The molecular weight excluding hydrogens is 408 g/mol. The van der Waals surface area contributed by atoms with Crippen LogP contribution in [0.4, 0.5) is 5.69 Å². The number of nitrogens with one attached hydrogen (secondary N) is 1. The second-order valence-corrected chi connectivity index (χ2v) is 8.28. The van der Waals surface area contributed by atoms with Crippen LogP contribution in [0.15, 0.2) is 53.4 Å². The van der Waals surface area contributed by atoms with Gasteiger partial charge in [0.05, 0.1) is 16.1 Å². The lowest BCUT2D eigenvalue weighted by atomic mass is 10.1. The van der Waals surface area contributed by atoms with E-state index < -0.39 is 28.5 Å². The fourth-order valence-corrected chi connectivity index (χ4v) is 4.30. The minimum atomic E-state index is -3.73. The summed E-state index contributed by atoms with van der Waals surface area (Å²) in [6.07, 6.45) is 0. The van der Waals surface area contributed by atoms with E-state index in [1.807, 2.05) is 0 Å². The zero-order chi connectivity index (χ0) is 22.3. The van der Waals surface area contributed by atoms with Crippen LogP contribution in [0.3, 0.4) is 0 Å². The van der Waals surface area contributed by atoms with E-state index in [-0.39, 0.29) is 16.2 Å². The number of amides is 1. The van der Waals surface area contributed by atoms with Gasteiger partial charge >= 0.3 is 5.97 Å². The minimum absolute atomic E-state index is 0.0140. The predicted octanol–water partition coefficient (Wildman–Crippen LogP) is 2.72. The van der Waals surface area contributed by atoms with Crippen molar-refractivity contribution in [1.82, 2.24) is 4.31 Å². The van der Waals surface area contributed by atoms with Gasteiger partial charge in [-0.15, -0.1) is 0 Å². The van der Waals surface area contributed by atoms with Crippen LogP contribution < -0.4 is 5.32 Å². The first-order valence-corrected chi connectivity index (χ1v) is 10.8. The number of sulfonamides is 1. The first-order chi connectivity index (χ1) is 14.2. The van der Waals surface area contributed by atoms with Crippen LogP contribution in [0.1, 0.15) is 41.5 Å². The molecule has 30 heavy (non-hydrogen) atoms. The zero-order valence-electron chi connectivity index (χ0n) is 17.0. The summed E-state index contributed by atoms with van der Waals surface area (Å²) in [5.41, 5.74) is 0.671. The van der Waals surface area contributed by atoms with Crippen LogP contribution in [0.2, 0.25) is 0 Å². The zero-order valence-corrected chi connectivity index (χ0v) is 17.9. The molecule has 0 aliphatic heterocycles. The Morgan fingerprint density at radius 3 is 2.30 bits per heavy atom. The van der Waals surface area contributed by atoms with Gasteiger partial charge in [0.2, 0.25) is 10.0 Å². The standard InChI is InChI=1S/C21H24N2O6S/c1-4-23(5-2)30(27,28)17-10-8-9-16(13-17)21(26)29-14-20(25)22-19-12-7-6-11-18(19)15(3)24/h6-13H,4-5,14H2,1-3H3,(H,22,25). The Bertz CT molecular complexity index is 1040. The first kappa shape index (κ1) is 23.2. The monoisotopic (exact) mass is 432 g/mol. The summed E-state index contributed by atoms with van der Waals surface area (Å²) in [4.78, 5) is 36.0. The van der Waals surface area contributed by atoms with Gasteiger partial charge in [-0.25, -0.2) is 13.2 Å². The second-order valence-electron chi connectivity index (χ2n) is 6.34. The minimum Gasteiger partial charge on any atom is -0.452 e. The van der Waals surface area contributed by atoms with Crippen LogP contribution in [0.25, 0.3) is 0 Å². The van der Waals surface area contributed by atoms with Crippen molar-refractivity contribution in [3.05, 3.63) is 59.7 Å². The van der Waals surface area contributed by atoms with Gasteiger partial charge in [-0.2, -0.15) is 4.31 Å². The molecule has 160 valence electrons. The molecule has 0 aliphatic rings. The van der Waals surface area contributed by atoms with Crippen LogP contribution in [0, 0.1) is 0 Å². The summed E-state index contributed by atoms with van der Waals surface area (Å²) < 4.78 is 31.5. The summed E-state index contributed by atoms with van der Waals surface area (Å²) in [7, 11) is -3.73. The van der Waals surface area contributed by atoms with E-state index >= 15 is 0 Å². The normalized spacial score (nSPS) is 11.2. The van der Waals surface area contributed by atoms with Gasteiger partial charge in [-0.05, 0) is 37.3 Å². The molecule has 0 heterocycles. The summed E-state index contributed by atoms with van der Waals surface area (Å²) in [5, 5.41) is 2.52. The number of para-hydroxylation sites is 1.